The van der Waals surface area contributed by atoms with Crippen molar-refractivity contribution in [1.82, 2.24) is 9.80 Å². The maximum Gasteiger partial charge on any atom is 0.176 e. The van der Waals surface area contributed by atoms with Gasteiger partial charge in [-0.1, -0.05) is 125 Å². The second-order valence-electron chi connectivity index (χ2n) is 11.9. The van der Waals surface area contributed by atoms with Crippen LogP contribution in [0.15, 0.2) is 138 Å². The molecule has 0 atom stereocenters. The molecule has 6 rings (SSSR count). The second-order valence-corrected chi connectivity index (χ2v) is 12.8. The van der Waals surface area contributed by atoms with E-state index in [-0.39, 0.29) is 18.2 Å². The number of fused-ring (bicyclic) bond motifs is 2. The van der Waals surface area contributed by atoms with Crippen molar-refractivity contribution in [2.75, 3.05) is 27.2 Å². The molecule has 6 aromatic rings. The van der Waals surface area contributed by atoms with Crippen LogP contribution < -0.4 is 0 Å². The standard InChI is InChI=1S/C21H21NO2.C20H18BrNO/c1-22(13-16-5-4-6-17(11-16)15-23)14-21(24)20-10-9-18-7-2-3-8-19(18)12-20;1-22(13-15-5-4-8-19(21)11-15)14-20(23)18-10-9-16-6-2-3-7-17(16)12-18/h2-12,23H,13-15H2,1H3;2-12H,13-14H2,1H3. The number of nitrogens with zero attached hydrogens (tertiary/aromatic N) is 2. The molecule has 0 aromatic heterocycles. The number of aliphatic hydroxyl groups is 1. The van der Waals surface area contributed by atoms with Crippen LogP contribution in [-0.4, -0.2) is 53.7 Å². The Hall–Kier alpha value is -4.46. The van der Waals surface area contributed by atoms with Crippen LogP contribution in [0.3, 0.4) is 0 Å². The fraction of sp³-hybridized carbons (Fsp3) is 0.171. The molecule has 0 heterocycles. The third-order valence-electron chi connectivity index (χ3n) is 7.94. The Balaban J connectivity index is 0.000000185. The van der Waals surface area contributed by atoms with Crippen molar-refractivity contribution in [3.8, 4) is 0 Å². The van der Waals surface area contributed by atoms with Gasteiger partial charge in [-0.2, -0.15) is 0 Å². The Labute approximate surface area is 285 Å². The third kappa shape index (κ3) is 9.77. The molecule has 0 aliphatic heterocycles. The highest BCUT2D eigenvalue weighted by Crippen LogP contribution is 2.18. The molecule has 47 heavy (non-hydrogen) atoms. The van der Waals surface area contributed by atoms with Crippen LogP contribution in [0.5, 0.6) is 0 Å². The molecule has 0 spiro atoms. The highest BCUT2D eigenvalue weighted by atomic mass is 79.9. The molecular formula is C41H39BrN2O3. The van der Waals surface area contributed by atoms with E-state index in [2.05, 4.69) is 34.1 Å². The van der Waals surface area contributed by atoms with Gasteiger partial charge in [-0.05, 0) is 76.6 Å². The fourth-order valence-corrected chi connectivity index (χ4v) is 6.04. The van der Waals surface area contributed by atoms with E-state index in [9.17, 15) is 14.7 Å². The number of carbonyl (C=O) groups excluding carboxylic acids is 2. The summed E-state index contributed by atoms with van der Waals surface area (Å²) in [6.45, 7) is 2.23. The molecule has 6 aromatic carbocycles. The Bertz CT molecular complexity index is 1990. The average molecular weight is 688 g/mol. The summed E-state index contributed by atoms with van der Waals surface area (Å²) in [5, 5.41) is 13.7. The number of Topliss-reactive ketones (excluding diaryl/α,β-unsaturated/α-hetero) is 2. The smallest absolute Gasteiger partial charge is 0.176 e. The van der Waals surface area contributed by atoms with Crippen molar-refractivity contribution in [1.29, 1.82) is 0 Å². The molecule has 0 saturated carbocycles. The summed E-state index contributed by atoms with van der Waals surface area (Å²) >= 11 is 3.48. The largest absolute Gasteiger partial charge is 0.392 e. The number of aliphatic hydroxyl groups excluding tert-OH is 1. The summed E-state index contributed by atoms with van der Waals surface area (Å²) in [6.07, 6.45) is 0. The van der Waals surface area contributed by atoms with Crippen molar-refractivity contribution in [3.63, 3.8) is 0 Å². The average Bonchev–Trinajstić information content (AvgIpc) is 3.08. The minimum Gasteiger partial charge on any atom is -0.392 e. The molecule has 0 saturated heterocycles. The van der Waals surface area contributed by atoms with Crippen LogP contribution in [0.1, 0.15) is 37.4 Å². The van der Waals surface area contributed by atoms with E-state index < -0.39 is 0 Å². The molecule has 6 heteroatoms. The van der Waals surface area contributed by atoms with Crippen LogP contribution in [0.25, 0.3) is 21.5 Å². The number of hydrogen-bond donors (Lipinski definition) is 1. The zero-order valence-electron chi connectivity index (χ0n) is 26.8. The van der Waals surface area contributed by atoms with Gasteiger partial charge in [0.15, 0.2) is 11.6 Å². The van der Waals surface area contributed by atoms with Gasteiger partial charge in [0.25, 0.3) is 0 Å². The van der Waals surface area contributed by atoms with Gasteiger partial charge in [0.1, 0.15) is 0 Å². The molecule has 0 unspecified atom stereocenters. The molecule has 0 amide bonds. The Kier molecular flexibility index (Phi) is 11.8. The van der Waals surface area contributed by atoms with Crippen molar-refractivity contribution in [2.24, 2.45) is 0 Å². The van der Waals surface area contributed by atoms with Crippen molar-refractivity contribution in [2.45, 2.75) is 19.7 Å². The lowest BCUT2D eigenvalue weighted by Gasteiger charge is -2.16. The van der Waals surface area contributed by atoms with E-state index in [1.807, 2.05) is 139 Å². The van der Waals surface area contributed by atoms with Gasteiger partial charge in [0.2, 0.25) is 0 Å². The Morgan fingerprint density at radius 3 is 1.47 bits per heavy atom. The third-order valence-corrected chi connectivity index (χ3v) is 8.43. The molecule has 0 aliphatic carbocycles. The van der Waals surface area contributed by atoms with E-state index in [0.29, 0.717) is 19.6 Å². The molecule has 0 fully saturated rings. The topological polar surface area (TPSA) is 60.9 Å². The van der Waals surface area contributed by atoms with Crippen LogP contribution in [0.2, 0.25) is 0 Å². The number of likely N-dealkylation sites (N-methyl/N-ethyl adjacent to an activating group) is 2. The van der Waals surface area contributed by atoms with Gasteiger partial charge in [-0.15, -0.1) is 0 Å². The highest BCUT2D eigenvalue weighted by molar-refractivity contribution is 9.10. The van der Waals surface area contributed by atoms with Crippen LogP contribution in [0.4, 0.5) is 0 Å². The fourth-order valence-electron chi connectivity index (χ4n) is 5.60. The maximum atomic E-state index is 12.5. The first-order valence-corrected chi connectivity index (χ1v) is 16.4. The van der Waals surface area contributed by atoms with Gasteiger partial charge in [0, 0.05) is 28.7 Å². The monoisotopic (exact) mass is 686 g/mol. The molecular weight excluding hydrogens is 648 g/mol. The molecule has 1 N–H and O–H groups in total. The van der Waals surface area contributed by atoms with Gasteiger partial charge in [-0.3, -0.25) is 19.4 Å². The summed E-state index contributed by atoms with van der Waals surface area (Å²) < 4.78 is 1.06. The van der Waals surface area contributed by atoms with E-state index in [1.165, 1.54) is 5.56 Å². The number of halogens is 1. The lowest BCUT2D eigenvalue weighted by Crippen LogP contribution is -2.25. The molecule has 5 nitrogen and oxygen atoms in total. The number of benzene rings is 6. The predicted octanol–water partition coefficient (Wildman–Crippen LogP) is 8.56. The Morgan fingerprint density at radius 2 is 0.979 bits per heavy atom. The van der Waals surface area contributed by atoms with E-state index in [4.69, 9.17) is 0 Å². The van der Waals surface area contributed by atoms with Gasteiger partial charge < -0.3 is 5.11 Å². The first kappa shape index (κ1) is 33.9. The zero-order chi connectivity index (χ0) is 33.2. The van der Waals surface area contributed by atoms with Crippen molar-refractivity contribution >= 4 is 49.0 Å². The summed E-state index contributed by atoms with van der Waals surface area (Å²) in [7, 11) is 3.91. The van der Waals surface area contributed by atoms with Gasteiger partial charge in [-0.25, -0.2) is 0 Å². The molecule has 0 bridgehead atoms. The number of ketones is 2. The quantitative estimate of drug-likeness (QED) is 0.138. The minimum atomic E-state index is 0.0353. The summed E-state index contributed by atoms with van der Waals surface area (Å²) in [4.78, 5) is 29.1. The summed E-state index contributed by atoms with van der Waals surface area (Å²) in [5.41, 5.74) is 4.68. The number of carbonyl (C=O) groups is 2. The lowest BCUT2D eigenvalue weighted by molar-refractivity contribution is 0.0935. The van der Waals surface area contributed by atoms with Crippen LogP contribution in [-0.2, 0) is 19.7 Å². The van der Waals surface area contributed by atoms with Crippen molar-refractivity contribution in [3.05, 3.63) is 166 Å². The first-order valence-electron chi connectivity index (χ1n) is 15.6. The molecule has 0 aliphatic rings. The zero-order valence-corrected chi connectivity index (χ0v) is 28.4. The molecule has 0 radical (unpaired) electrons. The SMILES string of the molecule is CN(CC(=O)c1ccc2ccccc2c1)Cc1cccc(Br)c1.CN(CC(=O)c1ccc2ccccc2c1)Cc1cccc(CO)c1. The summed E-state index contributed by atoms with van der Waals surface area (Å²) in [5.74, 6) is 0.259. The lowest BCUT2D eigenvalue weighted by atomic mass is 10.0. The van der Waals surface area contributed by atoms with Crippen LogP contribution >= 0.6 is 15.9 Å². The van der Waals surface area contributed by atoms with Crippen molar-refractivity contribution < 1.29 is 14.7 Å². The van der Waals surface area contributed by atoms with E-state index in [1.54, 1.807) is 0 Å². The second kappa shape index (κ2) is 16.4. The van der Waals surface area contributed by atoms with E-state index >= 15 is 0 Å². The summed E-state index contributed by atoms with van der Waals surface area (Å²) in [6, 6.07) is 43.9. The van der Waals surface area contributed by atoms with Gasteiger partial charge >= 0.3 is 0 Å². The number of hydrogen-bond acceptors (Lipinski definition) is 5. The minimum absolute atomic E-state index is 0.0353. The number of rotatable bonds is 11. The Morgan fingerprint density at radius 1 is 0.532 bits per heavy atom. The molecule has 238 valence electrons. The first-order chi connectivity index (χ1) is 22.8. The maximum absolute atomic E-state index is 12.5. The predicted molar refractivity (Wildman–Crippen MR) is 196 cm³/mol. The highest BCUT2D eigenvalue weighted by Gasteiger charge is 2.12. The van der Waals surface area contributed by atoms with Gasteiger partial charge in [0.05, 0.1) is 19.7 Å². The normalized spacial score (nSPS) is 11.1. The van der Waals surface area contributed by atoms with E-state index in [0.717, 1.165) is 54.8 Å². The van der Waals surface area contributed by atoms with Crippen LogP contribution in [0, 0.1) is 0 Å².